The topological polar surface area (TPSA) is 67.9 Å². The molecule has 33 heavy (non-hydrogen) atoms. The molecule has 0 saturated heterocycles. The van der Waals surface area contributed by atoms with E-state index in [1.807, 2.05) is 24.3 Å². The molecule has 1 aliphatic carbocycles. The highest BCUT2D eigenvalue weighted by Crippen LogP contribution is 2.28. The molecule has 0 aliphatic heterocycles. The number of hydrogen-bond donors (Lipinski definition) is 1. The van der Waals surface area contributed by atoms with Gasteiger partial charge in [0.1, 0.15) is 17.5 Å². The smallest absolute Gasteiger partial charge is 0.261 e. The summed E-state index contributed by atoms with van der Waals surface area (Å²) in [6.45, 7) is 1.81. The lowest BCUT2D eigenvalue weighted by Crippen LogP contribution is -2.51. The first-order chi connectivity index (χ1) is 15.9. The molecule has 0 radical (unpaired) electrons. The highest BCUT2D eigenvalue weighted by molar-refractivity contribution is 9.10. The molecule has 1 aliphatic rings. The second-order valence-corrected chi connectivity index (χ2v) is 9.58. The van der Waals surface area contributed by atoms with Crippen LogP contribution in [0.2, 0.25) is 5.02 Å². The maximum Gasteiger partial charge on any atom is 0.261 e. The number of nitrogens with one attached hydrogen (secondary N) is 1. The quantitative estimate of drug-likeness (QED) is 0.468. The van der Waals surface area contributed by atoms with Crippen molar-refractivity contribution in [2.24, 2.45) is 0 Å². The zero-order chi connectivity index (χ0) is 23.8. The van der Waals surface area contributed by atoms with Gasteiger partial charge in [-0.3, -0.25) is 9.59 Å². The molecule has 2 amide bonds. The largest absolute Gasteiger partial charge is 0.497 e. The molecule has 8 heteroatoms. The van der Waals surface area contributed by atoms with Gasteiger partial charge in [-0.05, 0) is 55.7 Å². The van der Waals surface area contributed by atoms with Crippen molar-refractivity contribution in [1.29, 1.82) is 0 Å². The molecule has 1 N–H and O–H groups in total. The molecule has 0 aromatic heterocycles. The number of ether oxygens (including phenoxy) is 2. The summed E-state index contributed by atoms with van der Waals surface area (Å²) >= 11 is 9.57. The third-order valence-corrected chi connectivity index (χ3v) is 6.66. The van der Waals surface area contributed by atoms with Gasteiger partial charge in [0.25, 0.3) is 5.91 Å². The number of amides is 2. The van der Waals surface area contributed by atoms with Crippen LogP contribution >= 0.6 is 27.5 Å². The Hall–Kier alpha value is -2.25. The average molecular weight is 538 g/mol. The summed E-state index contributed by atoms with van der Waals surface area (Å²) < 4.78 is 11.7. The number of benzene rings is 2. The Balaban J connectivity index is 1.72. The van der Waals surface area contributed by atoms with Crippen LogP contribution in [-0.4, -0.2) is 42.5 Å². The van der Waals surface area contributed by atoms with Crippen LogP contribution in [0.15, 0.2) is 46.9 Å². The van der Waals surface area contributed by atoms with Crippen molar-refractivity contribution in [2.45, 2.75) is 57.7 Å². The molecule has 0 heterocycles. The van der Waals surface area contributed by atoms with Crippen molar-refractivity contribution < 1.29 is 19.1 Å². The highest BCUT2D eigenvalue weighted by atomic mass is 79.9. The van der Waals surface area contributed by atoms with Crippen molar-refractivity contribution >= 4 is 39.3 Å². The molecule has 0 bridgehead atoms. The minimum atomic E-state index is -0.648. The van der Waals surface area contributed by atoms with E-state index in [1.54, 1.807) is 37.1 Å². The number of methoxy groups -OCH3 is 1. The number of rotatable bonds is 9. The Labute approximate surface area is 208 Å². The lowest BCUT2D eigenvalue weighted by Gasteiger charge is -2.31. The summed E-state index contributed by atoms with van der Waals surface area (Å²) in [5.74, 6) is 0.700. The van der Waals surface area contributed by atoms with Gasteiger partial charge >= 0.3 is 0 Å². The van der Waals surface area contributed by atoms with Gasteiger partial charge in [0, 0.05) is 17.1 Å². The van der Waals surface area contributed by atoms with Crippen LogP contribution in [0, 0.1) is 0 Å². The molecule has 1 fully saturated rings. The maximum atomic E-state index is 13.2. The number of carbonyl (C=O) groups excluding carboxylic acids is 2. The summed E-state index contributed by atoms with van der Waals surface area (Å²) in [6, 6.07) is 12.2. The SMILES string of the molecule is COc1ccc(CN(C(=O)COc2ccc(Br)cc2Cl)C(C)C(=O)NC2CCCCC2)cc1. The van der Waals surface area contributed by atoms with E-state index in [0.717, 1.165) is 41.5 Å². The van der Waals surface area contributed by atoms with Gasteiger partial charge in [0.05, 0.1) is 12.1 Å². The predicted octanol–water partition coefficient (Wildman–Crippen LogP) is 5.36. The van der Waals surface area contributed by atoms with Crippen LogP contribution in [0.1, 0.15) is 44.6 Å². The Morgan fingerprint density at radius 1 is 1.15 bits per heavy atom. The van der Waals surface area contributed by atoms with E-state index >= 15 is 0 Å². The maximum absolute atomic E-state index is 13.2. The average Bonchev–Trinajstić information content (AvgIpc) is 2.82. The van der Waals surface area contributed by atoms with Crippen molar-refractivity contribution in [3.8, 4) is 11.5 Å². The predicted molar refractivity (Wildman–Crippen MR) is 133 cm³/mol. The van der Waals surface area contributed by atoms with E-state index in [9.17, 15) is 9.59 Å². The summed E-state index contributed by atoms with van der Waals surface area (Å²) in [5.41, 5.74) is 0.892. The first-order valence-electron chi connectivity index (χ1n) is 11.2. The minimum absolute atomic E-state index is 0.148. The van der Waals surface area contributed by atoms with Crippen molar-refractivity contribution in [1.82, 2.24) is 10.2 Å². The second kappa shape index (κ2) is 12.3. The minimum Gasteiger partial charge on any atom is -0.497 e. The molecule has 1 saturated carbocycles. The van der Waals surface area contributed by atoms with Gasteiger partial charge in [0.15, 0.2) is 6.61 Å². The fourth-order valence-electron chi connectivity index (χ4n) is 3.89. The van der Waals surface area contributed by atoms with Crippen molar-refractivity contribution in [3.05, 3.63) is 57.5 Å². The molecule has 3 rings (SSSR count). The van der Waals surface area contributed by atoms with Crippen LogP contribution in [-0.2, 0) is 16.1 Å². The van der Waals surface area contributed by atoms with Crippen molar-refractivity contribution in [3.63, 3.8) is 0 Å². The lowest BCUT2D eigenvalue weighted by molar-refractivity contribution is -0.142. The summed E-state index contributed by atoms with van der Waals surface area (Å²) in [6.07, 6.45) is 5.41. The summed E-state index contributed by atoms with van der Waals surface area (Å²) in [7, 11) is 1.60. The zero-order valence-electron chi connectivity index (χ0n) is 19.0. The number of halogens is 2. The van der Waals surface area contributed by atoms with E-state index < -0.39 is 6.04 Å². The summed E-state index contributed by atoms with van der Waals surface area (Å²) in [5, 5.41) is 3.53. The first-order valence-corrected chi connectivity index (χ1v) is 12.3. The third-order valence-electron chi connectivity index (χ3n) is 5.88. The Morgan fingerprint density at radius 2 is 1.85 bits per heavy atom. The van der Waals surface area contributed by atoms with Gasteiger partial charge in [-0.1, -0.05) is 58.9 Å². The van der Waals surface area contributed by atoms with Gasteiger partial charge < -0.3 is 19.7 Å². The molecule has 178 valence electrons. The van der Waals surface area contributed by atoms with E-state index in [-0.39, 0.29) is 31.0 Å². The Morgan fingerprint density at radius 3 is 2.48 bits per heavy atom. The normalized spacial score (nSPS) is 14.9. The van der Waals surface area contributed by atoms with Gasteiger partial charge in [-0.15, -0.1) is 0 Å². The Bertz CT molecular complexity index is 948. The first kappa shape index (κ1) is 25.4. The molecular weight excluding hydrogens is 508 g/mol. The van der Waals surface area contributed by atoms with Gasteiger partial charge in [-0.2, -0.15) is 0 Å². The van der Waals surface area contributed by atoms with Gasteiger partial charge in [-0.25, -0.2) is 0 Å². The fraction of sp³-hybridized carbons (Fsp3) is 0.440. The summed E-state index contributed by atoms with van der Waals surface area (Å²) in [4.78, 5) is 27.8. The van der Waals surface area contributed by atoms with Crippen LogP contribution in [0.25, 0.3) is 0 Å². The number of hydrogen-bond acceptors (Lipinski definition) is 4. The van der Waals surface area contributed by atoms with Gasteiger partial charge in [0.2, 0.25) is 5.91 Å². The standard InChI is InChI=1S/C25H30BrClN2O4/c1-17(25(31)28-20-6-4-3-5-7-20)29(15-18-8-11-21(32-2)12-9-18)24(30)16-33-23-13-10-19(26)14-22(23)27/h8-14,17,20H,3-7,15-16H2,1-2H3,(H,28,31). The zero-order valence-corrected chi connectivity index (χ0v) is 21.3. The lowest BCUT2D eigenvalue weighted by atomic mass is 9.95. The van der Waals surface area contributed by atoms with Crippen LogP contribution in [0.5, 0.6) is 11.5 Å². The molecule has 0 spiro atoms. The molecule has 2 aromatic rings. The third kappa shape index (κ3) is 7.37. The van der Waals surface area contributed by atoms with E-state index in [2.05, 4.69) is 21.2 Å². The molecule has 1 atom stereocenters. The van der Waals surface area contributed by atoms with Crippen LogP contribution < -0.4 is 14.8 Å². The highest BCUT2D eigenvalue weighted by Gasteiger charge is 2.28. The molecular formula is C25H30BrClN2O4. The Kier molecular flexibility index (Phi) is 9.44. The van der Waals surface area contributed by atoms with Crippen LogP contribution in [0.3, 0.4) is 0 Å². The fourth-order valence-corrected chi connectivity index (χ4v) is 4.62. The van der Waals surface area contributed by atoms with E-state index in [0.29, 0.717) is 10.8 Å². The van der Waals surface area contributed by atoms with E-state index in [1.165, 1.54) is 6.42 Å². The molecule has 2 aromatic carbocycles. The molecule has 6 nitrogen and oxygen atoms in total. The van der Waals surface area contributed by atoms with Crippen LogP contribution in [0.4, 0.5) is 0 Å². The molecule has 1 unspecified atom stereocenters. The number of carbonyl (C=O) groups is 2. The number of nitrogens with zero attached hydrogens (tertiary/aromatic N) is 1. The monoisotopic (exact) mass is 536 g/mol. The van der Waals surface area contributed by atoms with E-state index in [4.69, 9.17) is 21.1 Å². The second-order valence-electron chi connectivity index (χ2n) is 8.25. The van der Waals surface area contributed by atoms with Crippen molar-refractivity contribution in [2.75, 3.05) is 13.7 Å².